The van der Waals surface area contributed by atoms with Crippen LogP contribution in [0.25, 0.3) is 0 Å². The van der Waals surface area contributed by atoms with Gasteiger partial charge in [0.25, 0.3) is 0 Å². The summed E-state index contributed by atoms with van der Waals surface area (Å²) in [5, 5.41) is 17.8. The van der Waals surface area contributed by atoms with Crippen molar-refractivity contribution >= 4 is 5.82 Å². The van der Waals surface area contributed by atoms with Gasteiger partial charge in [-0.3, -0.25) is 5.21 Å². The molecule has 2 heterocycles. The molecule has 0 radical (unpaired) electrons. The molecular weight excluding hydrogens is 204 g/mol. The van der Waals surface area contributed by atoms with Crippen molar-refractivity contribution in [1.82, 2.24) is 10.0 Å². The summed E-state index contributed by atoms with van der Waals surface area (Å²) < 4.78 is 0. The van der Waals surface area contributed by atoms with E-state index < -0.39 is 0 Å². The highest BCUT2D eigenvalue weighted by molar-refractivity contribution is 5.32. The molecule has 5 nitrogen and oxygen atoms in total. The van der Waals surface area contributed by atoms with E-state index in [4.69, 9.17) is 5.21 Å². The number of rotatable bonds is 2. The van der Waals surface area contributed by atoms with Gasteiger partial charge in [-0.05, 0) is 29.9 Å². The van der Waals surface area contributed by atoms with Crippen molar-refractivity contribution in [3.63, 3.8) is 0 Å². The quantitative estimate of drug-likeness (QED) is 0.770. The topological polar surface area (TPSA) is 61.1 Å². The maximum Gasteiger partial charge on any atom is 0.174 e. The van der Waals surface area contributed by atoms with Gasteiger partial charge in [0.05, 0.1) is 6.20 Å². The average Bonchev–Trinajstić information content (AvgIpc) is 2.33. The Morgan fingerprint density at radius 2 is 2.06 bits per heavy atom. The number of allylic oxidation sites excluding steroid dienone is 3. The van der Waals surface area contributed by atoms with Gasteiger partial charge >= 0.3 is 0 Å². The standard InChI is InChI=1S/C11H10N4O/c16-15-7-4-10(5-8-15)9-13-14-11-3-1-2-6-12-11/h1-9,16H. The maximum absolute atomic E-state index is 9.00. The Labute approximate surface area is 92.7 Å². The first-order valence-corrected chi connectivity index (χ1v) is 4.70. The van der Waals surface area contributed by atoms with Crippen molar-refractivity contribution in [2.75, 3.05) is 0 Å². The fraction of sp³-hybridized carbons (Fsp3) is 0. The van der Waals surface area contributed by atoms with Crippen LogP contribution >= 0.6 is 0 Å². The molecule has 1 aromatic rings. The summed E-state index contributed by atoms with van der Waals surface area (Å²) >= 11 is 0. The Morgan fingerprint density at radius 1 is 1.25 bits per heavy atom. The molecule has 16 heavy (non-hydrogen) atoms. The number of hydrogen-bond donors (Lipinski definition) is 1. The molecule has 1 aliphatic rings. The summed E-state index contributed by atoms with van der Waals surface area (Å²) in [5.74, 6) is 0.562. The molecule has 2 rings (SSSR count). The summed E-state index contributed by atoms with van der Waals surface area (Å²) in [5.41, 5.74) is 0.852. The zero-order valence-electron chi connectivity index (χ0n) is 8.43. The lowest BCUT2D eigenvalue weighted by molar-refractivity contribution is 0.0105. The molecule has 1 N–H and O–H groups in total. The summed E-state index contributed by atoms with van der Waals surface area (Å²) in [6.45, 7) is 0. The van der Waals surface area contributed by atoms with E-state index in [-0.39, 0.29) is 0 Å². The fourth-order valence-electron chi connectivity index (χ4n) is 1.08. The first kappa shape index (κ1) is 10.3. The number of pyridine rings is 1. The Balaban J connectivity index is 2.02. The SMILES string of the molecule is ON1C=CC(=CN=Nc2ccccn2)C=C1. The summed E-state index contributed by atoms with van der Waals surface area (Å²) in [6.07, 6.45) is 9.72. The predicted molar refractivity (Wildman–Crippen MR) is 58.7 cm³/mol. The van der Waals surface area contributed by atoms with Gasteiger partial charge in [0, 0.05) is 18.6 Å². The molecule has 0 fully saturated rings. The minimum atomic E-state index is 0.562. The van der Waals surface area contributed by atoms with Gasteiger partial charge in [0.1, 0.15) is 0 Å². The van der Waals surface area contributed by atoms with Crippen LogP contribution in [0.2, 0.25) is 0 Å². The van der Waals surface area contributed by atoms with Crippen LogP contribution in [0, 0.1) is 0 Å². The predicted octanol–water partition coefficient (Wildman–Crippen LogP) is 2.78. The van der Waals surface area contributed by atoms with E-state index in [1.807, 2.05) is 12.1 Å². The summed E-state index contributed by atoms with van der Waals surface area (Å²) in [6, 6.07) is 5.43. The van der Waals surface area contributed by atoms with Crippen molar-refractivity contribution in [3.05, 3.63) is 60.7 Å². The monoisotopic (exact) mass is 214 g/mol. The second-order valence-electron chi connectivity index (χ2n) is 3.04. The molecular formula is C11H10N4O. The highest BCUT2D eigenvalue weighted by Gasteiger charge is 1.95. The zero-order valence-corrected chi connectivity index (χ0v) is 8.43. The van der Waals surface area contributed by atoms with E-state index in [0.29, 0.717) is 5.82 Å². The summed E-state index contributed by atoms with van der Waals surface area (Å²) in [4.78, 5) is 4.00. The van der Waals surface area contributed by atoms with Crippen molar-refractivity contribution in [1.29, 1.82) is 0 Å². The molecule has 0 saturated heterocycles. The minimum Gasteiger partial charge on any atom is -0.285 e. The molecule has 80 valence electrons. The summed E-state index contributed by atoms with van der Waals surface area (Å²) in [7, 11) is 0. The molecule has 0 amide bonds. The van der Waals surface area contributed by atoms with Gasteiger partial charge in [-0.1, -0.05) is 6.07 Å². The largest absolute Gasteiger partial charge is 0.285 e. The molecule has 1 aliphatic heterocycles. The number of aromatic nitrogens is 1. The maximum atomic E-state index is 9.00. The fourth-order valence-corrected chi connectivity index (χ4v) is 1.08. The molecule has 0 atom stereocenters. The molecule has 0 aliphatic carbocycles. The molecule has 0 bridgehead atoms. The lowest BCUT2D eigenvalue weighted by atomic mass is 10.2. The third kappa shape index (κ3) is 2.86. The van der Waals surface area contributed by atoms with Gasteiger partial charge in [0.2, 0.25) is 0 Å². The molecule has 1 aromatic heterocycles. The van der Waals surface area contributed by atoms with Crippen LogP contribution in [0.15, 0.2) is 70.9 Å². The van der Waals surface area contributed by atoms with Crippen molar-refractivity contribution in [2.24, 2.45) is 10.2 Å². The van der Waals surface area contributed by atoms with Crippen LogP contribution < -0.4 is 0 Å². The molecule has 0 aromatic carbocycles. The van der Waals surface area contributed by atoms with Crippen LogP contribution in [0.5, 0.6) is 0 Å². The Bertz CT molecular complexity index is 446. The lowest BCUT2D eigenvalue weighted by Gasteiger charge is -2.08. The van der Waals surface area contributed by atoms with Crippen LogP contribution in [-0.4, -0.2) is 15.3 Å². The number of hydroxylamine groups is 2. The van der Waals surface area contributed by atoms with Crippen molar-refractivity contribution in [3.8, 4) is 0 Å². The smallest absolute Gasteiger partial charge is 0.174 e. The van der Waals surface area contributed by atoms with E-state index in [9.17, 15) is 0 Å². The van der Waals surface area contributed by atoms with Crippen molar-refractivity contribution < 1.29 is 5.21 Å². The third-order valence-electron chi connectivity index (χ3n) is 1.86. The van der Waals surface area contributed by atoms with Crippen LogP contribution in [0.1, 0.15) is 0 Å². The first-order chi connectivity index (χ1) is 7.84. The molecule has 0 saturated carbocycles. The van der Waals surface area contributed by atoms with Gasteiger partial charge in [-0.25, -0.2) is 10.0 Å². The normalized spacial score (nSPS) is 14.8. The van der Waals surface area contributed by atoms with Crippen LogP contribution in [0.3, 0.4) is 0 Å². The first-order valence-electron chi connectivity index (χ1n) is 4.70. The lowest BCUT2D eigenvalue weighted by Crippen LogP contribution is -2.03. The Kier molecular flexibility index (Phi) is 3.20. The Morgan fingerprint density at radius 3 is 2.75 bits per heavy atom. The number of nitrogens with zero attached hydrogens (tertiary/aromatic N) is 4. The number of azo groups is 1. The molecule has 0 spiro atoms. The minimum absolute atomic E-state index is 0.562. The van der Waals surface area contributed by atoms with Crippen molar-refractivity contribution in [2.45, 2.75) is 0 Å². The van der Waals surface area contributed by atoms with Crippen LogP contribution in [0.4, 0.5) is 5.82 Å². The zero-order chi connectivity index (χ0) is 11.2. The van der Waals surface area contributed by atoms with E-state index in [2.05, 4.69) is 15.2 Å². The van der Waals surface area contributed by atoms with E-state index >= 15 is 0 Å². The van der Waals surface area contributed by atoms with Gasteiger partial charge in [-0.15, -0.1) is 5.11 Å². The van der Waals surface area contributed by atoms with E-state index in [1.165, 1.54) is 12.4 Å². The highest BCUT2D eigenvalue weighted by atomic mass is 16.5. The molecule has 5 heteroatoms. The van der Waals surface area contributed by atoms with E-state index in [0.717, 1.165) is 10.6 Å². The average molecular weight is 214 g/mol. The Hall–Kier alpha value is -2.27. The third-order valence-corrected chi connectivity index (χ3v) is 1.86. The van der Waals surface area contributed by atoms with Gasteiger partial charge < -0.3 is 0 Å². The molecule has 0 unspecified atom stereocenters. The number of hydrogen-bond acceptors (Lipinski definition) is 5. The van der Waals surface area contributed by atoms with Gasteiger partial charge in [0.15, 0.2) is 5.82 Å². The van der Waals surface area contributed by atoms with Gasteiger partial charge in [-0.2, -0.15) is 5.11 Å². The van der Waals surface area contributed by atoms with Crippen LogP contribution in [-0.2, 0) is 0 Å². The second kappa shape index (κ2) is 4.99. The van der Waals surface area contributed by atoms with E-state index in [1.54, 1.807) is 30.6 Å². The highest BCUT2D eigenvalue weighted by Crippen LogP contribution is 2.10. The second-order valence-corrected chi connectivity index (χ2v) is 3.04.